The van der Waals surface area contributed by atoms with E-state index in [4.69, 9.17) is 17.0 Å². The Kier molecular flexibility index (Phi) is 3.85. The summed E-state index contributed by atoms with van der Waals surface area (Å²) in [4.78, 5) is 10.8. The Hall–Kier alpha value is -2.00. The third-order valence-corrected chi connectivity index (χ3v) is 3.05. The summed E-state index contributed by atoms with van der Waals surface area (Å²) in [6, 6.07) is 15.1. The average molecular weight is 256 g/mol. The number of hydrogen-bond acceptors (Lipinski definition) is 3. The normalized spacial score (nSPS) is 9.83. The molecule has 0 heterocycles. The molecule has 0 aliphatic carbocycles. The molecular weight excluding hydrogens is 244 g/mol. The van der Waals surface area contributed by atoms with Gasteiger partial charge >= 0.3 is 0 Å². The fourth-order valence-corrected chi connectivity index (χ4v) is 1.98. The van der Waals surface area contributed by atoms with Gasteiger partial charge in [-0.1, -0.05) is 36.4 Å². The van der Waals surface area contributed by atoms with E-state index < -0.39 is 0 Å². The molecule has 0 saturated carbocycles. The number of rotatable bonds is 3. The van der Waals surface area contributed by atoms with Crippen molar-refractivity contribution < 1.29 is 9.53 Å². The lowest BCUT2D eigenvalue weighted by molar-refractivity contribution is 0.112. The van der Waals surface area contributed by atoms with Crippen LogP contribution in [0, 0.1) is 0 Å². The minimum atomic E-state index is 0.446. The molecule has 0 spiro atoms. The summed E-state index contributed by atoms with van der Waals surface area (Å²) in [5.74, 6) is 0. The molecule has 0 radical (unpaired) electrons. The molecule has 0 aliphatic heterocycles. The Morgan fingerprint density at radius 1 is 1.17 bits per heavy atom. The topological polar surface area (TPSA) is 26.3 Å². The molecule has 2 aromatic rings. The van der Waals surface area contributed by atoms with Gasteiger partial charge in [-0.05, 0) is 35.5 Å². The van der Waals surface area contributed by atoms with Gasteiger partial charge in [0, 0.05) is 11.1 Å². The van der Waals surface area contributed by atoms with Crippen LogP contribution in [-0.4, -0.2) is 18.4 Å². The van der Waals surface area contributed by atoms with Gasteiger partial charge in [0.25, 0.3) is 0 Å². The average Bonchev–Trinajstić information content (AvgIpc) is 2.46. The number of methoxy groups -OCH3 is 1. The van der Waals surface area contributed by atoms with Gasteiger partial charge in [-0.25, -0.2) is 0 Å². The van der Waals surface area contributed by atoms with Gasteiger partial charge in [0.15, 0.2) is 5.05 Å². The van der Waals surface area contributed by atoms with Gasteiger partial charge in [-0.3, -0.25) is 4.79 Å². The van der Waals surface area contributed by atoms with Gasteiger partial charge in [0.05, 0.1) is 7.11 Å². The molecule has 90 valence electrons. The van der Waals surface area contributed by atoms with E-state index >= 15 is 0 Å². The third kappa shape index (κ3) is 2.46. The molecule has 18 heavy (non-hydrogen) atoms. The first-order valence-electron chi connectivity index (χ1n) is 5.49. The summed E-state index contributed by atoms with van der Waals surface area (Å²) < 4.78 is 5.12. The lowest BCUT2D eigenvalue weighted by Crippen LogP contribution is -2.01. The van der Waals surface area contributed by atoms with E-state index in [2.05, 4.69) is 0 Å². The van der Waals surface area contributed by atoms with Crippen LogP contribution in [0.1, 0.15) is 15.9 Å². The second-order valence-corrected chi connectivity index (χ2v) is 4.15. The maximum atomic E-state index is 10.8. The minimum absolute atomic E-state index is 0.446. The van der Waals surface area contributed by atoms with E-state index in [1.165, 1.54) is 0 Å². The van der Waals surface area contributed by atoms with Crippen molar-refractivity contribution in [1.29, 1.82) is 0 Å². The molecule has 2 nitrogen and oxygen atoms in total. The molecule has 0 bridgehead atoms. The number of benzene rings is 2. The lowest BCUT2D eigenvalue weighted by Gasteiger charge is -2.10. The highest BCUT2D eigenvalue weighted by Crippen LogP contribution is 2.25. The summed E-state index contributed by atoms with van der Waals surface area (Å²) in [5, 5.41) is 0.446. The molecule has 0 saturated heterocycles. The smallest absolute Gasteiger partial charge is 0.191 e. The number of carbonyl (C=O) groups excluding carboxylic acids is 1. The van der Waals surface area contributed by atoms with Crippen LogP contribution >= 0.6 is 12.2 Å². The van der Waals surface area contributed by atoms with E-state index in [1.54, 1.807) is 13.2 Å². The number of aldehydes is 1. The Bertz CT molecular complexity index is 591. The summed E-state index contributed by atoms with van der Waals surface area (Å²) in [5.41, 5.74) is 3.42. The predicted octanol–water partition coefficient (Wildman–Crippen LogP) is 3.49. The van der Waals surface area contributed by atoms with Crippen molar-refractivity contribution >= 4 is 23.6 Å². The zero-order valence-corrected chi connectivity index (χ0v) is 10.7. The van der Waals surface area contributed by atoms with Crippen LogP contribution in [0.4, 0.5) is 0 Å². The minimum Gasteiger partial charge on any atom is -0.486 e. The molecule has 0 amide bonds. The molecule has 3 heteroatoms. The highest BCUT2D eigenvalue weighted by atomic mass is 32.1. The van der Waals surface area contributed by atoms with Gasteiger partial charge in [-0.2, -0.15) is 0 Å². The summed E-state index contributed by atoms with van der Waals surface area (Å²) in [7, 11) is 1.56. The molecule has 2 rings (SSSR count). The number of carbonyl (C=O) groups is 1. The van der Waals surface area contributed by atoms with Crippen LogP contribution in [0.5, 0.6) is 0 Å². The van der Waals surface area contributed by atoms with E-state index in [0.717, 1.165) is 23.0 Å². The lowest BCUT2D eigenvalue weighted by atomic mass is 9.99. The molecule has 0 aromatic heterocycles. The van der Waals surface area contributed by atoms with Crippen molar-refractivity contribution in [3.05, 3.63) is 59.7 Å². The van der Waals surface area contributed by atoms with E-state index in [1.807, 2.05) is 42.5 Å². The van der Waals surface area contributed by atoms with Crippen molar-refractivity contribution in [1.82, 2.24) is 0 Å². The maximum absolute atomic E-state index is 10.8. The second-order valence-electron chi connectivity index (χ2n) is 3.78. The van der Waals surface area contributed by atoms with Gasteiger partial charge in [-0.15, -0.1) is 0 Å². The van der Waals surface area contributed by atoms with Crippen molar-refractivity contribution in [3.63, 3.8) is 0 Å². The Labute approximate surface area is 111 Å². The maximum Gasteiger partial charge on any atom is 0.191 e. The quantitative estimate of drug-likeness (QED) is 0.621. The predicted molar refractivity (Wildman–Crippen MR) is 76.0 cm³/mol. The zero-order valence-electron chi connectivity index (χ0n) is 9.92. The largest absolute Gasteiger partial charge is 0.486 e. The van der Waals surface area contributed by atoms with Crippen LogP contribution in [0.3, 0.4) is 0 Å². The van der Waals surface area contributed by atoms with Crippen LogP contribution in [0.25, 0.3) is 11.1 Å². The van der Waals surface area contributed by atoms with E-state index in [-0.39, 0.29) is 0 Å². The number of ether oxygens (including phenoxy) is 1. The van der Waals surface area contributed by atoms with Crippen LogP contribution < -0.4 is 0 Å². The van der Waals surface area contributed by atoms with Gasteiger partial charge < -0.3 is 4.74 Å². The SMILES string of the molecule is COC(=S)c1ccccc1-c1cccc(C=O)c1. The zero-order chi connectivity index (χ0) is 13.0. The molecular formula is C15H12O2S. The Morgan fingerprint density at radius 2 is 1.94 bits per heavy atom. The third-order valence-electron chi connectivity index (χ3n) is 2.67. The first-order valence-corrected chi connectivity index (χ1v) is 5.90. The molecule has 2 aromatic carbocycles. The molecule has 0 aliphatic rings. The first-order chi connectivity index (χ1) is 8.76. The number of thiocarbonyl (C=S) groups is 1. The van der Waals surface area contributed by atoms with E-state index in [0.29, 0.717) is 10.6 Å². The Morgan fingerprint density at radius 3 is 2.67 bits per heavy atom. The van der Waals surface area contributed by atoms with Crippen molar-refractivity contribution in [2.45, 2.75) is 0 Å². The highest BCUT2D eigenvalue weighted by Gasteiger charge is 2.09. The fraction of sp³-hybridized carbons (Fsp3) is 0.0667. The summed E-state index contributed by atoms with van der Waals surface area (Å²) in [6.07, 6.45) is 0.834. The Balaban J connectivity index is 2.56. The van der Waals surface area contributed by atoms with E-state index in [9.17, 15) is 4.79 Å². The standard InChI is InChI=1S/C15H12O2S/c1-17-15(18)14-8-3-2-7-13(14)12-6-4-5-11(9-12)10-16/h2-10H,1H3. The molecule has 0 unspecified atom stereocenters. The highest BCUT2D eigenvalue weighted by molar-refractivity contribution is 7.80. The van der Waals surface area contributed by atoms with Crippen molar-refractivity contribution in [2.24, 2.45) is 0 Å². The van der Waals surface area contributed by atoms with Crippen LogP contribution in [-0.2, 0) is 4.74 Å². The summed E-state index contributed by atoms with van der Waals surface area (Å²) in [6.45, 7) is 0. The van der Waals surface area contributed by atoms with Crippen molar-refractivity contribution in [2.75, 3.05) is 7.11 Å². The van der Waals surface area contributed by atoms with Gasteiger partial charge in [0.2, 0.25) is 0 Å². The van der Waals surface area contributed by atoms with Crippen LogP contribution in [0.2, 0.25) is 0 Å². The summed E-state index contributed by atoms with van der Waals surface area (Å²) >= 11 is 5.18. The molecule has 0 N–H and O–H groups in total. The second kappa shape index (κ2) is 5.56. The van der Waals surface area contributed by atoms with Crippen molar-refractivity contribution in [3.8, 4) is 11.1 Å². The first kappa shape index (κ1) is 12.5. The van der Waals surface area contributed by atoms with Crippen LogP contribution in [0.15, 0.2) is 48.5 Å². The molecule has 0 atom stereocenters. The monoisotopic (exact) mass is 256 g/mol. The van der Waals surface area contributed by atoms with Gasteiger partial charge in [0.1, 0.15) is 6.29 Å². The molecule has 0 fully saturated rings. The fourth-order valence-electron chi connectivity index (χ4n) is 1.80. The number of hydrogen-bond donors (Lipinski definition) is 0.